The molecule has 0 saturated carbocycles. The van der Waals surface area contributed by atoms with Gasteiger partial charge in [0.05, 0.1) is 16.6 Å². The molecule has 0 unspecified atom stereocenters. The molecule has 2 heterocycles. The molecule has 0 aliphatic heterocycles. The molecular formula is C22H19N3O2S. The van der Waals surface area contributed by atoms with Gasteiger partial charge in [-0.2, -0.15) is 0 Å². The third-order valence-electron chi connectivity index (χ3n) is 4.39. The minimum absolute atomic E-state index is 0.0603. The molecule has 28 heavy (non-hydrogen) atoms. The molecule has 0 atom stereocenters. The van der Waals surface area contributed by atoms with E-state index in [1.165, 1.54) is 11.8 Å². The molecule has 4 rings (SSSR count). The van der Waals surface area contributed by atoms with Crippen LogP contribution in [0.3, 0.4) is 0 Å². The van der Waals surface area contributed by atoms with Crippen LogP contribution in [0.4, 0.5) is 0 Å². The van der Waals surface area contributed by atoms with Gasteiger partial charge in [0, 0.05) is 17.9 Å². The first-order valence-electron chi connectivity index (χ1n) is 8.92. The first-order chi connectivity index (χ1) is 13.7. The number of para-hydroxylation sites is 1. The van der Waals surface area contributed by atoms with E-state index in [1.54, 1.807) is 16.7 Å². The number of aromatic nitrogens is 3. The van der Waals surface area contributed by atoms with Crippen LogP contribution in [0.25, 0.3) is 22.4 Å². The molecule has 0 aliphatic rings. The highest BCUT2D eigenvalue weighted by atomic mass is 32.2. The fraction of sp³-hybridized carbons (Fsp3) is 0.136. The SMILES string of the molecule is C=CCn1c(SCc2nc(-c3ccccc3)oc2C)nc2ccccc2c1=O. The first kappa shape index (κ1) is 18.3. The van der Waals surface area contributed by atoms with E-state index < -0.39 is 0 Å². The van der Waals surface area contributed by atoms with Crippen LogP contribution in [-0.2, 0) is 12.3 Å². The number of rotatable bonds is 6. The van der Waals surface area contributed by atoms with Crippen molar-refractivity contribution >= 4 is 22.7 Å². The molecule has 0 radical (unpaired) electrons. The summed E-state index contributed by atoms with van der Waals surface area (Å²) < 4.78 is 7.48. The summed E-state index contributed by atoms with van der Waals surface area (Å²) in [5.74, 6) is 1.93. The second-order valence-corrected chi connectivity index (χ2v) is 7.24. The van der Waals surface area contributed by atoms with E-state index in [0.29, 0.717) is 34.2 Å². The topological polar surface area (TPSA) is 60.9 Å². The van der Waals surface area contributed by atoms with Gasteiger partial charge < -0.3 is 4.42 Å². The lowest BCUT2D eigenvalue weighted by atomic mass is 10.2. The van der Waals surface area contributed by atoms with Crippen molar-refractivity contribution in [3.8, 4) is 11.5 Å². The van der Waals surface area contributed by atoms with E-state index in [-0.39, 0.29) is 5.56 Å². The van der Waals surface area contributed by atoms with Crippen LogP contribution in [0.2, 0.25) is 0 Å². The van der Waals surface area contributed by atoms with Crippen molar-refractivity contribution in [1.82, 2.24) is 14.5 Å². The van der Waals surface area contributed by atoms with Crippen LogP contribution in [0.5, 0.6) is 0 Å². The molecule has 0 N–H and O–H groups in total. The molecule has 0 aliphatic carbocycles. The lowest BCUT2D eigenvalue weighted by molar-refractivity contribution is 0.540. The number of fused-ring (bicyclic) bond motifs is 1. The van der Waals surface area contributed by atoms with Crippen LogP contribution in [0, 0.1) is 6.92 Å². The Morgan fingerprint density at radius 1 is 1.11 bits per heavy atom. The van der Waals surface area contributed by atoms with Gasteiger partial charge in [0.15, 0.2) is 5.16 Å². The molecule has 0 amide bonds. The molecule has 0 saturated heterocycles. The number of benzene rings is 2. The monoisotopic (exact) mass is 389 g/mol. The van der Waals surface area contributed by atoms with Crippen molar-refractivity contribution in [1.29, 1.82) is 0 Å². The van der Waals surface area contributed by atoms with E-state index in [1.807, 2.05) is 55.5 Å². The van der Waals surface area contributed by atoms with Crippen LogP contribution in [0.1, 0.15) is 11.5 Å². The summed E-state index contributed by atoms with van der Waals surface area (Å²) in [4.78, 5) is 22.2. The predicted molar refractivity (Wildman–Crippen MR) is 112 cm³/mol. The highest BCUT2D eigenvalue weighted by Crippen LogP contribution is 2.27. The third-order valence-corrected chi connectivity index (χ3v) is 5.38. The number of allylic oxidation sites excluding steroid dienone is 1. The summed E-state index contributed by atoms with van der Waals surface area (Å²) in [6.07, 6.45) is 1.71. The highest BCUT2D eigenvalue weighted by Gasteiger charge is 2.15. The van der Waals surface area contributed by atoms with Crippen LogP contribution < -0.4 is 5.56 Å². The van der Waals surface area contributed by atoms with Crippen molar-refractivity contribution in [2.45, 2.75) is 24.4 Å². The second-order valence-electron chi connectivity index (χ2n) is 6.29. The van der Waals surface area contributed by atoms with E-state index in [0.717, 1.165) is 17.0 Å². The Labute approximate surface area is 166 Å². The fourth-order valence-corrected chi connectivity index (χ4v) is 3.96. The Morgan fingerprint density at radius 2 is 1.86 bits per heavy atom. The van der Waals surface area contributed by atoms with Crippen molar-refractivity contribution in [2.75, 3.05) is 0 Å². The highest BCUT2D eigenvalue weighted by molar-refractivity contribution is 7.98. The standard InChI is InChI=1S/C22H19N3O2S/c1-3-13-25-21(26)17-11-7-8-12-18(17)24-22(25)28-14-19-15(2)27-20(23-19)16-9-5-4-6-10-16/h3-12H,1,13-14H2,2H3. The average molecular weight is 389 g/mol. The zero-order chi connectivity index (χ0) is 19.5. The van der Waals surface area contributed by atoms with E-state index in [2.05, 4.69) is 16.5 Å². The summed E-state index contributed by atoms with van der Waals surface area (Å²) in [5.41, 5.74) is 2.41. The smallest absolute Gasteiger partial charge is 0.262 e. The lowest BCUT2D eigenvalue weighted by Gasteiger charge is -2.10. The predicted octanol–water partition coefficient (Wildman–Crippen LogP) is 4.84. The summed E-state index contributed by atoms with van der Waals surface area (Å²) in [6.45, 7) is 6.08. The Bertz CT molecular complexity index is 1200. The number of oxazole rings is 1. The third kappa shape index (κ3) is 3.51. The quantitative estimate of drug-likeness (QED) is 0.268. The summed E-state index contributed by atoms with van der Waals surface area (Å²) in [5, 5.41) is 1.25. The van der Waals surface area contributed by atoms with E-state index >= 15 is 0 Å². The molecule has 4 aromatic rings. The maximum atomic E-state index is 12.8. The van der Waals surface area contributed by atoms with Crippen molar-refractivity contribution in [3.05, 3.63) is 89.1 Å². The Balaban J connectivity index is 1.66. The first-order valence-corrected chi connectivity index (χ1v) is 9.91. The number of hydrogen-bond acceptors (Lipinski definition) is 5. The molecule has 0 spiro atoms. The van der Waals surface area contributed by atoms with Gasteiger partial charge in [-0.1, -0.05) is 48.2 Å². The van der Waals surface area contributed by atoms with E-state index in [9.17, 15) is 4.79 Å². The molecule has 0 fully saturated rings. The largest absolute Gasteiger partial charge is 0.441 e. The fourth-order valence-electron chi connectivity index (χ4n) is 2.95. The number of thioether (sulfide) groups is 1. The lowest BCUT2D eigenvalue weighted by Crippen LogP contribution is -2.22. The normalized spacial score (nSPS) is 11.0. The second kappa shape index (κ2) is 7.86. The molecule has 5 nitrogen and oxygen atoms in total. The summed E-state index contributed by atoms with van der Waals surface area (Å²) in [6, 6.07) is 17.2. The molecule has 6 heteroatoms. The number of nitrogens with zero attached hydrogens (tertiary/aromatic N) is 3. The zero-order valence-corrected chi connectivity index (χ0v) is 16.3. The molecule has 2 aromatic heterocycles. The van der Waals surface area contributed by atoms with Gasteiger partial charge in [-0.15, -0.1) is 6.58 Å². The van der Waals surface area contributed by atoms with Gasteiger partial charge in [0.25, 0.3) is 5.56 Å². The van der Waals surface area contributed by atoms with Crippen molar-refractivity contribution in [2.24, 2.45) is 0 Å². The maximum Gasteiger partial charge on any atom is 0.262 e. The maximum absolute atomic E-state index is 12.8. The van der Waals surface area contributed by atoms with E-state index in [4.69, 9.17) is 4.42 Å². The summed E-state index contributed by atoms with van der Waals surface area (Å²) in [7, 11) is 0. The van der Waals surface area contributed by atoms with Crippen LogP contribution in [0.15, 0.2) is 81.6 Å². The Morgan fingerprint density at radius 3 is 2.64 bits per heavy atom. The zero-order valence-electron chi connectivity index (χ0n) is 15.5. The Hall–Kier alpha value is -3.12. The minimum Gasteiger partial charge on any atom is -0.441 e. The van der Waals surface area contributed by atoms with Crippen molar-refractivity contribution < 1.29 is 4.42 Å². The van der Waals surface area contributed by atoms with Gasteiger partial charge in [0.1, 0.15) is 5.76 Å². The van der Waals surface area contributed by atoms with Gasteiger partial charge in [0.2, 0.25) is 5.89 Å². The molecule has 140 valence electrons. The van der Waals surface area contributed by atoms with Gasteiger partial charge in [-0.3, -0.25) is 9.36 Å². The van der Waals surface area contributed by atoms with Crippen molar-refractivity contribution in [3.63, 3.8) is 0 Å². The molecular weight excluding hydrogens is 370 g/mol. The van der Waals surface area contributed by atoms with Gasteiger partial charge >= 0.3 is 0 Å². The minimum atomic E-state index is -0.0603. The molecule has 0 bridgehead atoms. The number of aryl methyl sites for hydroxylation is 1. The van der Waals surface area contributed by atoms with Gasteiger partial charge in [-0.25, -0.2) is 9.97 Å². The van der Waals surface area contributed by atoms with Gasteiger partial charge in [-0.05, 0) is 31.2 Å². The average Bonchev–Trinajstić information content (AvgIpc) is 3.10. The molecule has 2 aromatic carbocycles. The van der Waals surface area contributed by atoms with Crippen LogP contribution >= 0.6 is 11.8 Å². The summed E-state index contributed by atoms with van der Waals surface area (Å²) >= 11 is 1.47. The Kier molecular flexibility index (Phi) is 5.12. The number of hydrogen-bond donors (Lipinski definition) is 0. The van der Waals surface area contributed by atoms with Crippen LogP contribution in [-0.4, -0.2) is 14.5 Å².